The van der Waals surface area contributed by atoms with Gasteiger partial charge in [0.05, 0.1) is 12.8 Å². The van der Waals surface area contributed by atoms with Crippen molar-refractivity contribution < 1.29 is 9.53 Å². The van der Waals surface area contributed by atoms with Crippen molar-refractivity contribution in [3.63, 3.8) is 0 Å². The number of nitrogens with zero attached hydrogens (tertiary/aromatic N) is 2. The van der Waals surface area contributed by atoms with Crippen LogP contribution in [0.3, 0.4) is 0 Å². The highest BCUT2D eigenvalue weighted by molar-refractivity contribution is 5.85. The Balaban J connectivity index is 0.00000256. The standard InChI is InChI=1S/C10H18N4O2.ClH/c1-3-16-10(15)12-5-4-11-6-9-7-13-14(2)8-9;/h7-8,11H,3-6H2,1-2H3,(H,12,15);1H. The Kier molecular flexibility index (Phi) is 8.17. The molecule has 0 bridgehead atoms. The van der Waals surface area contributed by atoms with Gasteiger partial charge in [-0.15, -0.1) is 12.4 Å². The molecule has 0 unspecified atom stereocenters. The van der Waals surface area contributed by atoms with E-state index >= 15 is 0 Å². The third-order valence-electron chi connectivity index (χ3n) is 1.93. The molecule has 0 aromatic carbocycles. The average Bonchev–Trinajstić information content (AvgIpc) is 2.64. The number of aryl methyl sites for hydroxylation is 1. The molecule has 1 heterocycles. The third kappa shape index (κ3) is 6.80. The van der Waals surface area contributed by atoms with Gasteiger partial charge in [0.2, 0.25) is 0 Å². The lowest BCUT2D eigenvalue weighted by molar-refractivity contribution is 0.152. The number of halogens is 1. The molecule has 98 valence electrons. The fraction of sp³-hybridized carbons (Fsp3) is 0.600. The maximum Gasteiger partial charge on any atom is 0.407 e. The molecular formula is C10H19ClN4O2. The first-order valence-corrected chi connectivity index (χ1v) is 5.31. The van der Waals surface area contributed by atoms with Crippen LogP contribution in [0.4, 0.5) is 4.79 Å². The number of ether oxygens (including phenoxy) is 1. The van der Waals surface area contributed by atoms with Gasteiger partial charge in [0.25, 0.3) is 0 Å². The van der Waals surface area contributed by atoms with Gasteiger partial charge < -0.3 is 15.4 Å². The zero-order valence-corrected chi connectivity index (χ0v) is 10.9. The molecule has 1 aromatic rings. The summed E-state index contributed by atoms with van der Waals surface area (Å²) >= 11 is 0. The molecule has 0 aliphatic rings. The van der Waals surface area contributed by atoms with E-state index in [4.69, 9.17) is 4.74 Å². The monoisotopic (exact) mass is 262 g/mol. The Morgan fingerprint density at radius 3 is 2.88 bits per heavy atom. The summed E-state index contributed by atoms with van der Waals surface area (Å²) in [6.07, 6.45) is 3.39. The molecule has 1 amide bonds. The predicted molar refractivity (Wildman–Crippen MR) is 67.2 cm³/mol. The van der Waals surface area contributed by atoms with Crippen molar-refractivity contribution in [1.29, 1.82) is 0 Å². The van der Waals surface area contributed by atoms with Crippen molar-refractivity contribution in [2.45, 2.75) is 13.5 Å². The van der Waals surface area contributed by atoms with Crippen LogP contribution < -0.4 is 10.6 Å². The van der Waals surface area contributed by atoms with Gasteiger partial charge in [-0.25, -0.2) is 4.79 Å². The van der Waals surface area contributed by atoms with Crippen LogP contribution in [0.2, 0.25) is 0 Å². The van der Waals surface area contributed by atoms with E-state index in [0.29, 0.717) is 19.7 Å². The first-order valence-electron chi connectivity index (χ1n) is 5.31. The summed E-state index contributed by atoms with van der Waals surface area (Å²) < 4.78 is 6.48. The maximum atomic E-state index is 10.9. The third-order valence-corrected chi connectivity index (χ3v) is 1.93. The number of rotatable bonds is 6. The van der Waals surface area contributed by atoms with E-state index in [0.717, 1.165) is 12.1 Å². The van der Waals surface area contributed by atoms with E-state index in [1.807, 2.05) is 19.4 Å². The van der Waals surface area contributed by atoms with Crippen LogP contribution >= 0.6 is 12.4 Å². The van der Waals surface area contributed by atoms with Crippen LogP contribution in [0.15, 0.2) is 12.4 Å². The smallest absolute Gasteiger partial charge is 0.407 e. The number of amides is 1. The molecule has 0 aliphatic carbocycles. The van der Waals surface area contributed by atoms with Gasteiger partial charge in [-0.05, 0) is 6.92 Å². The molecule has 17 heavy (non-hydrogen) atoms. The summed E-state index contributed by atoms with van der Waals surface area (Å²) in [6, 6.07) is 0. The Bertz CT molecular complexity index is 330. The molecule has 6 nitrogen and oxygen atoms in total. The molecule has 0 aliphatic heterocycles. The SMILES string of the molecule is CCOC(=O)NCCNCc1cnn(C)c1.Cl. The van der Waals surface area contributed by atoms with Crippen molar-refractivity contribution in [3.8, 4) is 0 Å². The van der Waals surface area contributed by atoms with Crippen molar-refractivity contribution in [1.82, 2.24) is 20.4 Å². The van der Waals surface area contributed by atoms with Crippen LogP contribution in [0.25, 0.3) is 0 Å². The van der Waals surface area contributed by atoms with Crippen LogP contribution in [-0.4, -0.2) is 35.6 Å². The van der Waals surface area contributed by atoms with Crippen molar-refractivity contribution in [2.24, 2.45) is 7.05 Å². The zero-order chi connectivity index (χ0) is 11.8. The lowest BCUT2D eigenvalue weighted by Crippen LogP contribution is -2.31. The number of nitrogens with one attached hydrogen (secondary N) is 2. The fourth-order valence-electron chi connectivity index (χ4n) is 1.23. The Hall–Kier alpha value is -1.27. The van der Waals surface area contributed by atoms with Gasteiger partial charge in [0, 0.05) is 38.4 Å². The fourth-order valence-corrected chi connectivity index (χ4v) is 1.23. The molecule has 0 fully saturated rings. The minimum absolute atomic E-state index is 0. The highest BCUT2D eigenvalue weighted by Crippen LogP contribution is 1.93. The topological polar surface area (TPSA) is 68.2 Å². The summed E-state index contributed by atoms with van der Waals surface area (Å²) in [6.45, 7) is 4.18. The van der Waals surface area contributed by atoms with Crippen LogP contribution in [0, 0.1) is 0 Å². The van der Waals surface area contributed by atoms with Gasteiger partial charge in [-0.1, -0.05) is 0 Å². The van der Waals surface area contributed by atoms with Crippen molar-refractivity contribution in [3.05, 3.63) is 18.0 Å². The second-order valence-corrected chi connectivity index (χ2v) is 3.35. The Morgan fingerprint density at radius 1 is 1.53 bits per heavy atom. The van der Waals surface area contributed by atoms with Gasteiger partial charge in [0.1, 0.15) is 0 Å². The van der Waals surface area contributed by atoms with E-state index in [2.05, 4.69) is 15.7 Å². The summed E-state index contributed by atoms with van der Waals surface area (Å²) in [7, 11) is 1.88. The largest absolute Gasteiger partial charge is 0.450 e. The number of carbonyl (C=O) groups is 1. The van der Waals surface area contributed by atoms with Gasteiger partial charge in [-0.3, -0.25) is 4.68 Å². The number of aromatic nitrogens is 2. The van der Waals surface area contributed by atoms with Gasteiger partial charge in [-0.2, -0.15) is 5.10 Å². The summed E-state index contributed by atoms with van der Waals surface area (Å²) in [5.74, 6) is 0. The lowest BCUT2D eigenvalue weighted by atomic mass is 10.3. The summed E-state index contributed by atoms with van der Waals surface area (Å²) in [4.78, 5) is 10.9. The van der Waals surface area contributed by atoms with Crippen LogP contribution in [-0.2, 0) is 18.3 Å². The molecule has 0 radical (unpaired) electrons. The highest BCUT2D eigenvalue weighted by atomic mass is 35.5. The van der Waals surface area contributed by atoms with E-state index in [-0.39, 0.29) is 18.5 Å². The molecule has 0 saturated heterocycles. The normalized spacial score (nSPS) is 9.53. The predicted octanol–water partition coefficient (Wildman–Crippen LogP) is 0.678. The van der Waals surface area contributed by atoms with Crippen LogP contribution in [0.1, 0.15) is 12.5 Å². The summed E-state index contributed by atoms with van der Waals surface area (Å²) in [5, 5.41) is 9.87. The molecule has 7 heteroatoms. The van der Waals surface area contributed by atoms with Gasteiger partial charge in [0.15, 0.2) is 0 Å². The minimum atomic E-state index is -0.370. The first kappa shape index (κ1) is 15.7. The number of carbonyl (C=O) groups excluding carboxylic acids is 1. The van der Waals surface area contributed by atoms with E-state index in [9.17, 15) is 4.79 Å². The zero-order valence-electron chi connectivity index (χ0n) is 10.1. The molecule has 0 spiro atoms. The second kappa shape index (κ2) is 8.83. The molecule has 2 N–H and O–H groups in total. The van der Waals surface area contributed by atoms with Crippen molar-refractivity contribution in [2.75, 3.05) is 19.7 Å². The first-order chi connectivity index (χ1) is 7.72. The minimum Gasteiger partial charge on any atom is -0.450 e. The van der Waals surface area contributed by atoms with Crippen molar-refractivity contribution >= 4 is 18.5 Å². The lowest BCUT2D eigenvalue weighted by Gasteiger charge is -2.05. The number of alkyl carbamates (subject to hydrolysis) is 1. The maximum absolute atomic E-state index is 10.9. The van der Waals surface area contributed by atoms with E-state index < -0.39 is 0 Å². The van der Waals surface area contributed by atoms with E-state index in [1.54, 1.807) is 11.6 Å². The Labute approximate surface area is 107 Å². The highest BCUT2D eigenvalue weighted by Gasteiger charge is 1.98. The summed E-state index contributed by atoms with van der Waals surface area (Å²) in [5.41, 5.74) is 1.12. The molecule has 1 aromatic heterocycles. The number of hydrogen-bond donors (Lipinski definition) is 2. The molecule has 1 rings (SSSR count). The molecule has 0 saturated carbocycles. The van der Waals surface area contributed by atoms with Crippen LogP contribution in [0.5, 0.6) is 0 Å². The van der Waals surface area contributed by atoms with Gasteiger partial charge >= 0.3 is 6.09 Å². The average molecular weight is 263 g/mol. The number of hydrogen-bond acceptors (Lipinski definition) is 4. The Morgan fingerprint density at radius 2 is 2.29 bits per heavy atom. The second-order valence-electron chi connectivity index (χ2n) is 3.35. The molecular weight excluding hydrogens is 244 g/mol. The molecule has 0 atom stereocenters. The van der Waals surface area contributed by atoms with E-state index in [1.165, 1.54) is 0 Å². The quantitative estimate of drug-likeness (QED) is 0.740.